The van der Waals surface area contributed by atoms with Gasteiger partial charge >= 0.3 is 24.7 Å². The maximum absolute atomic E-state index is 13.3. The second-order valence-corrected chi connectivity index (χ2v) is 7.68. The van der Waals surface area contributed by atoms with Crippen molar-refractivity contribution in [1.29, 1.82) is 0 Å². The summed E-state index contributed by atoms with van der Waals surface area (Å²) in [6.45, 7) is 1.79. The van der Waals surface area contributed by atoms with E-state index in [9.17, 15) is 62.9 Å². The monoisotopic (exact) mass is 536 g/mol. The van der Waals surface area contributed by atoms with Gasteiger partial charge in [0.25, 0.3) is 11.2 Å². The van der Waals surface area contributed by atoms with Crippen LogP contribution in [0.15, 0.2) is 29.8 Å². The Kier molecular flexibility index (Phi) is 8.24. The summed E-state index contributed by atoms with van der Waals surface area (Å²) in [4.78, 5) is 0. The van der Waals surface area contributed by atoms with Gasteiger partial charge in [-0.25, -0.2) is 0 Å². The minimum atomic E-state index is -6.36. The molecule has 6 N–H and O–H groups in total. The van der Waals surface area contributed by atoms with Crippen LogP contribution in [0.25, 0.3) is 0 Å². The molecule has 0 aromatic heterocycles. The topological polar surface area (TPSA) is 92.5 Å². The molecule has 1 aromatic carbocycles. The average molecular weight is 536 g/mol. The van der Waals surface area contributed by atoms with Gasteiger partial charge in [-0.3, -0.25) is 0 Å². The second-order valence-electron chi connectivity index (χ2n) is 7.68. The number of rotatable bonds is 6. The van der Waals surface area contributed by atoms with Crippen molar-refractivity contribution in [2.45, 2.75) is 68.1 Å². The summed E-state index contributed by atoms with van der Waals surface area (Å²) >= 11 is 0. The first-order chi connectivity index (χ1) is 15.4. The van der Waals surface area contributed by atoms with Crippen molar-refractivity contribution < 1.29 is 62.9 Å². The summed E-state index contributed by atoms with van der Waals surface area (Å²) in [6.07, 6.45) is -25.7. The van der Waals surface area contributed by atoms with Crippen molar-refractivity contribution >= 4 is 5.69 Å². The van der Waals surface area contributed by atoms with Gasteiger partial charge in [-0.05, 0) is 36.6 Å². The lowest BCUT2D eigenvalue weighted by molar-refractivity contribution is -0.376. The van der Waals surface area contributed by atoms with E-state index in [4.69, 9.17) is 11.5 Å². The van der Waals surface area contributed by atoms with E-state index >= 15 is 0 Å². The molecule has 2 unspecified atom stereocenters. The molecule has 0 spiro atoms. The van der Waals surface area contributed by atoms with Crippen molar-refractivity contribution in [3.05, 3.63) is 41.0 Å². The minimum absolute atomic E-state index is 0.0695. The van der Waals surface area contributed by atoms with Gasteiger partial charge in [-0.15, -0.1) is 0 Å². The molecule has 4 nitrogen and oxygen atoms in total. The summed E-state index contributed by atoms with van der Waals surface area (Å²) in [5, 5.41) is 19.3. The Morgan fingerprint density at radius 3 is 1.60 bits per heavy atom. The number of nitrogens with two attached hydrogens (primary N) is 2. The van der Waals surface area contributed by atoms with Crippen molar-refractivity contribution in [3.8, 4) is 0 Å². The molecule has 35 heavy (non-hydrogen) atoms. The number of allylic oxidation sites excluding steroid dienone is 1. The van der Waals surface area contributed by atoms with E-state index < -0.39 is 76.7 Å². The molecule has 0 aliphatic rings. The van der Waals surface area contributed by atoms with Crippen LogP contribution in [-0.2, 0) is 5.60 Å². The molecule has 0 bridgehead atoms. The lowest BCUT2D eigenvalue weighted by atomic mass is 9.81. The molecule has 0 aliphatic heterocycles. The maximum Gasteiger partial charge on any atom is 0.430 e. The zero-order chi connectivity index (χ0) is 28.0. The number of hydrogen-bond acceptors (Lipinski definition) is 4. The van der Waals surface area contributed by atoms with Crippen LogP contribution in [0, 0.1) is 0 Å². The highest BCUT2D eigenvalue weighted by molar-refractivity contribution is 5.54. The fourth-order valence-electron chi connectivity index (χ4n) is 3.34. The van der Waals surface area contributed by atoms with E-state index in [1.54, 1.807) is 0 Å². The van der Waals surface area contributed by atoms with Crippen molar-refractivity contribution in [2.24, 2.45) is 5.73 Å². The van der Waals surface area contributed by atoms with Crippen LogP contribution < -0.4 is 11.5 Å². The van der Waals surface area contributed by atoms with Gasteiger partial charge in [0.1, 0.15) is 0 Å². The molecule has 0 radical (unpaired) electrons. The summed E-state index contributed by atoms with van der Waals surface area (Å²) in [5.41, 5.74) is -6.19. The van der Waals surface area contributed by atoms with E-state index in [0.29, 0.717) is 13.0 Å². The van der Waals surface area contributed by atoms with Crippen LogP contribution >= 0.6 is 0 Å². The lowest BCUT2D eigenvalue weighted by Crippen LogP contribution is -2.60. The predicted molar refractivity (Wildman–Crippen MR) is 98.7 cm³/mol. The van der Waals surface area contributed by atoms with E-state index in [0.717, 1.165) is 13.0 Å². The maximum atomic E-state index is 13.3. The first-order valence-corrected chi connectivity index (χ1v) is 9.47. The Labute approximate surface area is 190 Å². The number of hydrogen-bond donors (Lipinski definition) is 4. The van der Waals surface area contributed by atoms with Gasteiger partial charge in [0.2, 0.25) is 0 Å². The van der Waals surface area contributed by atoms with E-state index in [-0.39, 0.29) is 12.1 Å². The van der Waals surface area contributed by atoms with Gasteiger partial charge in [0, 0.05) is 23.2 Å². The molecule has 0 saturated carbocycles. The van der Waals surface area contributed by atoms with Gasteiger partial charge in [0.05, 0.1) is 0 Å². The van der Waals surface area contributed by atoms with E-state index in [1.807, 2.05) is 0 Å². The number of halogens is 12. The smallest absolute Gasteiger partial charge is 0.398 e. The Morgan fingerprint density at radius 1 is 0.857 bits per heavy atom. The SMILES string of the molecule is CCC(/C=C(\C(C)N)C(O)(C(F)(F)F)C(F)(F)F)c1ccc(N)c(C(O)(C(F)(F)F)C(F)(F)F)c1. The zero-order valence-corrected chi connectivity index (χ0v) is 17.8. The van der Waals surface area contributed by atoms with E-state index in [2.05, 4.69) is 0 Å². The third kappa shape index (κ3) is 5.33. The van der Waals surface area contributed by atoms with Crippen molar-refractivity contribution in [3.63, 3.8) is 0 Å². The van der Waals surface area contributed by atoms with Gasteiger partial charge < -0.3 is 21.7 Å². The Bertz CT molecular complexity index is 902. The number of aliphatic hydroxyl groups is 2. The number of anilines is 1. The first kappa shape index (κ1) is 30.8. The summed E-state index contributed by atoms with van der Waals surface area (Å²) in [7, 11) is 0. The highest BCUT2D eigenvalue weighted by Gasteiger charge is 2.73. The third-order valence-electron chi connectivity index (χ3n) is 5.27. The van der Waals surface area contributed by atoms with Crippen LogP contribution in [0.4, 0.5) is 58.4 Å². The van der Waals surface area contributed by atoms with Gasteiger partial charge in [-0.1, -0.05) is 19.1 Å². The molecule has 0 fully saturated rings. The normalized spacial score (nSPS) is 16.9. The zero-order valence-electron chi connectivity index (χ0n) is 17.8. The van der Waals surface area contributed by atoms with Crippen molar-refractivity contribution in [1.82, 2.24) is 0 Å². The van der Waals surface area contributed by atoms with Crippen LogP contribution in [-0.4, -0.2) is 46.6 Å². The lowest BCUT2D eigenvalue weighted by Gasteiger charge is -2.37. The quantitative estimate of drug-likeness (QED) is 0.229. The summed E-state index contributed by atoms with van der Waals surface area (Å²) in [5.74, 6) is -1.72. The molecule has 1 aromatic rings. The largest absolute Gasteiger partial charge is 0.430 e. The average Bonchev–Trinajstić information content (AvgIpc) is 2.64. The molecule has 2 atom stereocenters. The van der Waals surface area contributed by atoms with Gasteiger partial charge in [0.15, 0.2) is 0 Å². The number of alkyl halides is 12. The molecule has 0 saturated heterocycles. The number of nitrogen functional groups attached to an aromatic ring is 1. The highest BCUT2D eigenvalue weighted by Crippen LogP contribution is 2.52. The molecule has 1 rings (SSSR count). The van der Waals surface area contributed by atoms with Crippen molar-refractivity contribution in [2.75, 3.05) is 5.73 Å². The van der Waals surface area contributed by atoms with Crippen LogP contribution in [0.5, 0.6) is 0 Å². The molecule has 0 aliphatic carbocycles. The Balaban J connectivity index is 3.93. The van der Waals surface area contributed by atoms with Gasteiger partial charge in [-0.2, -0.15) is 52.7 Å². The van der Waals surface area contributed by atoms with Crippen LogP contribution in [0.3, 0.4) is 0 Å². The third-order valence-corrected chi connectivity index (χ3v) is 5.27. The molecule has 202 valence electrons. The molecule has 16 heteroatoms. The summed E-state index contributed by atoms with van der Waals surface area (Å²) < 4.78 is 160. The van der Waals surface area contributed by atoms with E-state index in [1.165, 1.54) is 0 Å². The molecular formula is C19H20F12N2O2. The predicted octanol–water partition coefficient (Wildman–Crippen LogP) is 5.20. The fraction of sp³-hybridized carbons (Fsp3) is 0.579. The molecular weight excluding hydrogens is 516 g/mol. The number of benzene rings is 1. The Hall–Kier alpha value is -2.20. The minimum Gasteiger partial charge on any atom is -0.398 e. The van der Waals surface area contributed by atoms with Crippen LogP contribution in [0.2, 0.25) is 0 Å². The molecule has 0 heterocycles. The molecule has 0 amide bonds. The first-order valence-electron chi connectivity index (χ1n) is 9.47. The van der Waals surface area contributed by atoms with Crippen LogP contribution in [0.1, 0.15) is 37.3 Å². The fourth-order valence-corrected chi connectivity index (χ4v) is 3.34. The highest BCUT2D eigenvalue weighted by atomic mass is 19.4. The standard InChI is InChI=1S/C19H20F12N2O2/c1-3-9(6-11(8(2)32)14(34,16(20,21)22)17(23,24)25)10-4-5-13(33)12(7-10)15(35,18(26,27)28)19(29,30)31/h4-9,34-35H,3,32-33H2,1-2H3/b11-6+. The Morgan fingerprint density at radius 2 is 1.29 bits per heavy atom. The second kappa shape index (κ2) is 9.35. The summed E-state index contributed by atoms with van der Waals surface area (Å²) in [6, 6.07) is -0.835.